The lowest BCUT2D eigenvalue weighted by Gasteiger charge is -2.10. The van der Waals surface area contributed by atoms with Crippen molar-refractivity contribution in [2.45, 2.75) is 12.8 Å². The standard InChI is InChI=1S/C16H18ClNO3S/c1-20-13-5-3-11(9-14(13)21-2)7-8-18-16(19)10-12-4-6-15(17)22-12/h3-6,9H,7-8,10H2,1-2H3,(H,18,19). The fourth-order valence-electron chi connectivity index (χ4n) is 2.05. The Hall–Kier alpha value is -1.72. The van der Waals surface area contributed by atoms with Crippen molar-refractivity contribution in [1.82, 2.24) is 5.32 Å². The minimum Gasteiger partial charge on any atom is -0.493 e. The molecule has 0 aliphatic carbocycles. The fourth-order valence-corrected chi connectivity index (χ4v) is 3.14. The second-order valence-corrected chi connectivity index (χ2v) is 6.47. The molecule has 4 nitrogen and oxygen atoms in total. The first-order chi connectivity index (χ1) is 10.6. The minimum absolute atomic E-state index is 0.000932. The summed E-state index contributed by atoms with van der Waals surface area (Å²) in [5.41, 5.74) is 1.08. The van der Waals surface area contributed by atoms with Crippen LogP contribution in [0.5, 0.6) is 11.5 Å². The monoisotopic (exact) mass is 339 g/mol. The molecular formula is C16H18ClNO3S. The SMILES string of the molecule is COc1ccc(CCNC(=O)Cc2ccc(Cl)s2)cc1OC. The van der Waals surface area contributed by atoms with Crippen molar-refractivity contribution in [3.8, 4) is 11.5 Å². The van der Waals surface area contributed by atoms with Gasteiger partial charge in [-0.25, -0.2) is 0 Å². The number of ether oxygens (including phenoxy) is 2. The fraction of sp³-hybridized carbons (Fsp3) is 0.312. The molecule has 2 aromatic rings. The normalized spacial score (nSPS) is 10.3. The highest BCUT2D eigenvalue weighted by Gasteiger charge is 2.07. The van der Waals surface area contributed by atoms with Crippen LogP contribution in [0.2, 0.25) is 4.34 Å². The molecule has 0 aliphatic rings. The number of carbonyl (C=O) groups is 1. The van der Waals surface area contributed by atoms with Crippen molar-refractivity contribution in [3.05, 3.63) is 45.1 Å². The third-order valence-electron chi connectivity index (χ3n) is 3.15. The predicted octanol–water partition coefficient (Wildman–Crippen LogP) is 3.32. The van der Waals surface area contributed by atoms with Gasteiger partial charge in [0.2, 0.25) is 5.91 Å². The Balaban J connectivity index is 1.82. The molecule has 0 radical (unpaired) electrons. The van der Waals surface area contributed by atoms with Crippen LogP contribution in [0.15, 0.2) is 30.3 Å². The topological polar surface area (TPSA) is 47.6 Å². The van der Waals surface area contributed by atoms with Crippen molar-refractivity contribution in [3.63, 3.8) is 0 Å². The van der Waals surface area contributed by atoms with Gasteiger partial charge in [0.25, 0.3) is 0 Å². The van der Waals surface area contributed by atoms with Gasteiger partial charge in [-0.1, -0.05) is 17.7 Å². The first-order valence-electron chi connectivity index (χ1n) is 6.84. The van der Waals surface area contributed by atoms with E-state index in [2.05, 4.69) is 5.32 Å². The van der Waals surface area contributed by atoms with Crippen molar-refractivity contribution >= 4 is 28.8 Å². The van der Waals surface area contributed by atoms with Crippen molar-refractivity contribution in [2.75, 3.05) is 20.8 Å². The van der Waals surface area contributed by atoms with E-state index in [0.29, 0.717) is 28.8 Å². The zero-order valence-electron chi connectivity index (χ0n) is 12.5. The summed E-state index contributed by atoms with van der Waals surface area (Å²) >= 11 is 7.28. The van der Waals surface area contributed by atoms with E-state index >= 15 is 0 Å². The van der Waals surface area contributed by atoms with Gasteiger partial charge in [0.15, 0.2) is 11.5 Å². The number of hydrogen-bond donors (Lipinski definition) is 1. The van der Waals surface area contributed by atoms with Crippen LogP contribution in [-0.4, -0.2) is 26.7 Å². The van der Waals surface area contributed by atoms with Crippen molar-refractivity contribution < 1.29 is 14.3 Å². The number of methoxy groups -OCH3 is 2. The predicted molar refractivity (Wildman–Crippen MR) is 89.3 cm³/mol. The molecule has 1 N–H and O–H groups in total. The summed E-state index contributed by atoms with van der Waals surface area (Å²) in [6.07, 6.45) is 1.10. The quantitative estimate of drug-likeness (QED) is 0.841. The lowest BCUT2D eigenvalue weighted by atomic mass is 10.1. The van der Waals surface area contributed by atoms with Gasteiger partial charge in [-0.05, 0) is 36.2 Å². The zero-order valence-corrected chi connectivity index (χ0v) is 14.1. The van der Waals surface area contributed by atoms with Crippen LogP contribution in [0.25, 0.3) is 0 Å². The molecule has 2 rings (SSSR count). The molecule has 0 unspecified atom stereocenters. The molecule has 0 fully saturated rings. The minimum atomic E-state index is -0.000932. The van der Waals surface area contributed by atoms with Crippen molar-refractivity contribution in [2.24, 2.45) is 0 Å². The third kappa shape index (κ3) is 4.64. The van der Waals surface area contributed by atoms with E-state index in [-0.39, 0.29) is 5.91 Å². The van der Waals surface area contributed by atoms with Crippen LogP contribution in [0.4, 0.5) is 0 Å². The maximum atomic E-state index is 11.8. The second kappa shape index (κ2) is 8.06. The largest absolute Gasteiger partial charge is 0.493 e. The lowest BCUT2D eigenvalue weighted by molar-refractivity contribution is -0.120. The number of nitrogens with one attached hydrogen (secondary N) is 1. The summed E-state index contributed by atoms with van der Waals surface area (Å²) in [4.78, 5) is 12.8. The van der Waals surface area contributed by atoms with Crippen LogP contribution in [0, 0.1) is 0 Å². The number of hydrogen-bond acceptors (Lipinski definition) is 4. The average Bonchev–Trinajstić information content (AvgIpc) is 2.92. The highest BCUT2D eigenvalue weighted by atomic mass is 35.5. The molecule has 1 amide bonds. The Labute approximate surface area is 139 Å². The van der Waals surface area contributed by atoms with E-state index in [4.69, 9.17) is 21.1 Å². The number of amides is 1. The lowest BCUT2D eigenvalue weighted by Crippen LogP contribution is -2.26. The molecule has 1 aromatic carbocycles. The molecule has 0 spiro atoms. The van der Waals surface area contributed by atoms with Gasteiger partial charge < -0.3 is 14.8 Å². The molecule has 118 valence electrons. The van der Waals surface area contributed by atoms with Gasteiger partial charge >= 0.3 is 0 Å². The molecule has 22 heavy (non-hydrogen) atoms. The van der Waals surface area contributed by atoms with Gasteiger partial charge in [0.05, 0.1) is 25.0 Å². The van der Waals surface area contributed by atoms with E-state index < -0.39 is 0 Å². The first-order valence-corrected chi connectivity index (χ1v) is 8.03. The molecule has 0 bridgehead atoms. The van der Waals surface area contributed by atoms with E-state index in [9.17, 15) is 4.79 Å². The molecule has 0 atom stereocenters. The summed E-state index contributed by atoms with van der Waals surface area (Å²) < 4.78 is 11.2. The van der Waals surface area contributed by atoms with Crippen LogP contribution >= 0.6 is 22.9 Å². The summed E-state index contributed by atoms with van der Waals surface area (Å²) in [6, 6.07) is 9.43. The Morgan fingerprint density at radius 2 is 1.95 bits per heavy atom. The molecule has 6 heteroatoms. The Kier molecular flexibility index (Phi) is 6.10. The van der Waals surface area contributed by atoms with Crippen LogP contribution in [-0.2, 0) is 17.6 Å². The Bertz CT molecular complexity index is 642. The average molecular weight is 340 g/mol. The number of carbonyl (C=O) groups excluding carboxylic acids is 1. The van der Waals surface area contributed by atoms with Crippen LogP contribution in [0.1, 0.15) is 10.4 Å². The van der Waals surface area contributed by atoms with Gasteiger partial charge in [0, 0.05) is 11.4 Å². The van der Waals surface area contributed by atoms with Crippen molar-refractivity contribution in [1.29, 1.82) is 0 Å². The molecular weight excluding hydrogens is 322 g/mol. The summed E-state index contributed by atoms with van der Waals surface area (Å²) in [6.45, 7) is 0.577. The smallest absolute Gasteiger partial charge is 0.225 e. The van der Waals surface area contributed by atoms with E-state index in [0.717, 1.165) is 16.9 Å². The Morgan fingerprint density at radius 3 is 2.59 bits per heavy atom. The van der Waals surface area contributed by atoms with E-state index in [1.54, 1.807) is 20.3 Å². The summed E-state index contributed by atoms with van der Waals surface area (Å²) in [7, 11) is 3.21. The number of rotatable bonds is 7. The number of benzene rings is 1. The van der Waals surface area contributed by atoms with Crippen LogP contribution in [0.3, 0.4) is 0 Å². The number of halogens is 1. The summed E-state index contributed by atoms with van der Waals surface area (Å²) in [5, 5.41) is 2.91. The Morgan fingerprint density at radius 1 is 1.18 bits per heavy atom. The van der Waals surface area contributed by atoms with Crippen LogP contribution < -0.4 is 14.8 Å². The van der Waals surface area contributed by atoms with Gasteiger partial charge in [0.1, 0.15) is 0 Å². The highest BCUT2D eigenvalue weighted by Crippen LogP contribution is 2.27. The molecule has 0 saturated heterocycles. The maximum Gasteiger partial charge on any atom is 0.225 e. The van der Waals surface area contributed by atoms with E-state index in [1.165, 1.54) is 11.3 Å². The first kappa shape index (κ1) is 16.6. The third-order valence-corrected chi connectivity index (χ3v) is 4.38. The zero-order chi connectivity index (χ0) is 15.9. The second-order valence-electron chi connectivity index (χ2n) is 4.67. The highest BCUT2D eigenvalue weighted by molar-refractivity contribution is 7.16. The molecule has 0 saturated carbocycles. The molecule has 0 aliphatic heterocycles. The molecule has 1 heterocycles. The van der Waals surface area contributed by atoms with Gasteiger partial charge in [-0.3, -0.25) is 4.79 Å². The number of thiophene rings is 1. The van der Waals surface area contributed by atoms with Gasteiger partial charge in [-0.15, -0.1) is 11.3 Å². The van der Waals surface area contributed by atoms with E-state index in [1.807, 2.05) is 24.3 Å². The molecule has 1 aromatic heterocycles. The van der Waals surface area contributed by atoms with Gasteiger partial charge in [-0.2, -0.15) is 0 Å². The maximum absolute atomic E-state index is 11.8. The summed E-state index contributed by atoms with van der Waals surface area (Å²) in [5.74, 6) is 1.39.